The van der Waals surface area contributed by atoms with Gasteiger partial charge in [-0.15, -0.1) is 0 Å². The molecule has 4 heteroatoms. The van der Waals surface area contributed by atoms with Gasteiger partial charge in [-0.25, -0.2) is 0 Å². The fourth-order valence-electron chi connectivity index (χ4n) is 2.75. The van der Waals surface area contributed by atoms with E-state index < -0.39 is 0 Å². The molecule has 0 aliphatic carbocycles. The van der Waals surface area contributed by atoms with Gasteiger partial charge >= 0.3 is 0 Å². The second-order valence-electron chi connectivity index (χ2n) is 5.94. The molecule has 126 valence electrons. The third kappa shape index (κ3) is 4.09. The molecule has 1 aliphatic heterocycles. The first-order valence-corrected chi connectivity index (χ1v) is 9.34. The molecule has 25 heavy (non-hydrogen) atoms. The van der Waals surface area contributed by atoms with Crippen molar-refractivity contribution in [2.75, 3.05) is 0 Å². The molecule has 0 spiro atoms. The van der Waals surface area contributed by atoms with Crippen LogP contribution in [-0.4, -0.2) is 15.1 Å². The van der Waals surface area contributed by atoms with Crippen molar-refractivity contribution >= 4 is 40.3 Å². The van der Waals surface area contributed by atoms with E-state index in [1.54, 1.807) is 4.90 Å². The van der Waals surface area contributed by atoms with Gasteiger partial charge in [0.05, 0.1) is 10.9 Å². The zero-order valence-corrected chi connectivity index (χ0v) is 15.8. The first-order chi connectivity index (χ1) is 12.1. The Bertz CT molecular complexity index is 841. The topological polar surface area (TPSA) is 20.3 Å². The van der Waals surface area contributed by atoms with Crippen molar-refractivity contribution < 1.29 is 4.79 Å². The van der Waals surface area contributed by atoms with Crippen LogP contribution in [0.1, 0.15) is 31.0 Å². The third-order valence-corrected chi connectivity index (χ3v) is 5.38. The molecule has 0 bridgehead atoms. The molecule has 0 unspecified atom stereocenters. The van der Waals surface area contributed by atoms with Crippen LogP contribution in [0.2, 0.25) is 0 Å². The van der Waals surface area contributed by atoms with Crippen molar-refractivity contribution in [3.8, 4) is 0 Å². The molecule has 0 aromatic heterocycles. The Balaban J connectivity index is 1.82. The Kier molecular flexibility index (Phi) is 5.51. The van der Waals surface area contributed by atoms with Gasteiger partial charge in [0, 0.05) is 0 Å². The van der Waals surface area contributed by atoms with E-state index in [2.05, 4.69) is 6.08 Å². The Hall–Kier alpha value is -2.17. The van der Waals surface area contributed by atoms with Crippen LogP contribution in [-0.2, 0) is 4.79 Å². The molecule has 2 aromatic carbocycles. The quantitative estimate of drug-likeness (QED) is 0.520. The van der Waals surface area contributed by atoms with Gasteiger partial charge in [0.25, 0.3) is 5.91 Å². The number of rotatable bonds is 4. The smallest absolute Gasteiger partial charge is 0.266 e. The number of hydrogen-bond donors (Lipinski definition) is 0. The Morgan fingerprint density at radius 3 is 2.32 bits per heavy atom. The summed E-state index contributed by atoms with van der Waals surface area (Å²) in [6.07, 6.45) is 3.98. The van der Waals surface area contributed by atoms with Crippen molar-refractivity contribution in [3.63, 3.8) is 0 Å². The molecule has 1 aliphatic rings. The van der Waals surface area contributed by atoms with E-state index in [1.807, 2.05) is 80.6 Å². The molecular formula is C21H19NOS2. The maximum absolute atomic E-state index is 12.8. The lowest BCUT2D eigenvalue weighted by atomic mass is 10.1. The lowest BCUT2D eigenvalue weighted by Crippen LogP contribution is -2.31. The van der Waals surface area contributed by atoms with Gasteiger partial charge in [-0.05, 0) is 36.6 Å². The summed E-state index contributed by atoms with van der Waals surface area (Å²) in [5, 5.41) is 0. The van der Waals surface area contributed by atoms with Crippen molar-refractivity contribution in [1.29, 1.82) is 0 Å². The highest BCUT2D eigenvalue weighted by atomic mass is 32.2. The predicted octanol–water partition coefficient (Wildman–Crippen LogP) is 5.60. The maximum Gasteiger partial charge on any atom is 0.266 e. The Morgan fingerprint density at radius 1 is 1.08 bits per heavy atom. The first kappa shape index (κ1) is 17.6. The number of allylic oxidation sites excluding steroid dienone is 2. The number of carbonyl (C=O) groups excluding carboxylic acids is 1. The minimum Gasteiger partial charge on any atom is -0.286 e. The summed E-state index contributed by atoms with van der Waals surface area (Å²) < 4.78 is 0.611. The highest BCUT2D eigenvalue weighted by Crippen LogP contribution is 2.37. The van der Waals surface area contributed by atoms with E-state index in [0.717, 1.165) is 16.7 Å². The summed E-state index contributed by atoms with van der Waals surface area (Å²) in [6, 6.07) is 20.0. The zero-order chi connectivity index (χ0) is 17.8. The number of thiocarbonyl (C=S) groups is 1. The second kappa shape index (κ2) is 7.81. The van der Waals surface area contributed by atoms with Crippen LogP contribution < -0.4 is 0 Å². The van der Waals surface area contributed by atoms with Gasteiger partial charge in [-0.2, -0.15) is 0 Å². The van der Waals surface area contributed by atoms with Gasteiger partial charge in [-0.1, -0.05) is 90.7 Å². The summed E-state index contributed by atoms with van der Waals surface area (Å²) in [4.78, 5) is 15.2. The molecule has 2 nitrogen and oxygen atoms in total. The van der Waals surface area contributed by atoms with E-state index in [-0.39, 0.29) is 11.9 Å². The van der Waals surface area contributed by atoms with Gasteiger partial charge in [0.2, 0.25) is 0 Å². The van der Waals surface area contributed by atoms with E-state index in [0.29, 0.717) is 9.23 Å². The van der Waals surface area contributed by atoms with Crippen molar-refractivity contribution in [3.05, 3.63) is 88.3 Å². The molecule has 0 radical (unpaired) electrons. The number of nitrogens with zero attached hydrogens (tertiary/aromatic N) is 1. The van der Waals surface area contributed by atoms with E-state index >= 15 is 0 Å². The van der Waals surface area contributed by atoms with Gasteiger partial charge in [0.15, 0.2) is 0 Å². The minimum absolute atomic E-state index is 0.0211. The van der Waals surface area contributed by atoms with E-state index in [1.165, 1.54) is 11.8 Å². The largest absolute Gasteiger partial charge is 0.286 e. The molecular weight excluding hydrogens is 346 g/mol. The molecule has 2 aromatic rings. The lowest BCUT2D eigenvalue weighted by molar-refractivity contribution is -0.123. The van der Waals surface area contributed by atoms with Crippen molar-refractivity contribution in [2.24, 2.45) is 0 Å². The maximum atomic E-state index is 12.8. The lowest BCUT2D eigenvalue weighted by Gasteiger charge is -2.23. The normalized spacial score (nSPS) is 18.1. The Morgan fingerprint density at radius 2 is 1.68 bits per heavy atom. The Labute approximate surface area is 158 Å². The second-order valence-corrected chi connectivity index (χ2v) is 7.61. The highest BCUT2D eigenvalue weighted by Gasteiger charge is 2.35. The number of benzene rings is 2. The van der Waals surface area contributed by atoms with Gasteiger partial charge < -0.3 is 0 Å². The molecule has 1 amide bonds. The van der Waals surface area contributed by atoms with Crippen LogP contribution in [0.15, 0.2) is 77.2 Å². The van der Waals surface area contributed by atoms with Crippen LogP contribution in [0.3, 0.4) is 0 Å². The van der Waals surface area contributed by atoms with Crippen LogP contribution in [0.4, 0.5) is 0 Å². The molecule has 1 atom stereocenters. The van der Waals surface area contributed by atoms with Gasteiger partial charge in [-0.3, -0.25) is 9.69 Å². The van der Waals surface area contributed by atoms with Crippen molar-refractivity contribution in [2.45, 2.75) is 19.9 Å². The average Bonchev–Trinajstić information content (AvgIpc) is 2.89. The summed E-state index contributed by atoms with van der Waals surface area (Å²) >= 11 is 6.83. The fraction of sp³-hybridized carbons (Fsp3) is 0.143. The SMILES string of the molecule is CC(=C\c1ccccc1)/C=C1/SC(=S)N([C@H](C)c2ccccc2)C1=O. The molecule has 0 N–H and O–H groups in total. The van der Waals surface area contributed by atoms with E-state index in [4.69, 9.17) is 12.2 Å². The number of carbonyl (C=O) groups is 1. The molecule has 3 rings (SSSR count). The van der Waals surface area contributed by atoms with E-state index in [9.17, 15) is 4.79 Å². The predicted molar refractivity (Wildman–Crippen MR) is 110 cm³/mol. The molecule has 1 fully saturated rings. The molecule has 0 saturated carbocycles. The van der Waals surface area contributed by atoms with Crippen molar-refractivity contribution in [1.82, 2.24) is 4.90 Å². The summed E-state index contributed by atoms with van der Waals surface area (Å²) in [5.41, 5.74) is 3.22. The third-order valence-electron chi connectivity index (χ3n) is 4.05. The van der Waals surface area contributed by atoms with Crippen LogP contribution >= 0.6 is 24.0 Å². The number of thioether (sulfide) groups is 1. The molecule has 1 saturated heterocycles. The summed E-state index contributed by atoms with van der Waals surface area (Å²) in [7, 11) is 0. The minimum atomic E-state index is -0.0713. The molecule has 1 heterocycles. The zero-order valence-electron chi connectivity index (χ0n) is 14.2. The van der Waals surface area contributed by atoms with Crippen LogP contribution in [0, 0.1) is 0 Å². The average molecular weight is 366 g/mol. The standard InChI is InChI=1S/C21H19NOS2/c1-15(13-17-9-5-3-6-10-17)14-19-20(23)22(21(24)25-19)16(2)18-11-7-4-8-12-18/h3-14,16H,1-2H3/b15-13+,19-14+/t16-/m1/s1. The highest BCUT2D eigenvalue weighted by molar-refractivity contribution is 8.26. The summed E-state index contributed by atoms with van der Waals surface area (Å²) in [6.45, 7) is 4.01. The first-order valence-electron chi connectivity index (χ1n) is 8.11. The number of hydrogen-bond acceptors (Lipinski definition) is 3. The fourth-order valence-corrected chi connectivity index (χ4v) is 4.22. The summed E-state index contributed by atoms with van der Waals surface area (Å²) in [5.74, 6) is -0.0211. The van der Waals surface area contributed by atoms with Crippen LogP contribution in [0.25, 0.3) is 6.08 Å². The number of amides is 1. The van der Waals surface area contributed by atoms with Gasteiger partial charge in [0.1, 0.15) is 4.32 Å². The monoisotopic (exact) mass is 365 g/mol. The van der Waals surface area contributed by atoms with Crippen LogP contribution in [0.5, 0.6) is 0 Å².